The molecule has 0 aliphatic carbocycles. The molecule has 1 saturated heterocycles. The minimum Gasteiger partial charge on any atom is -0.497 e. The molecule has 1 heterocycles. The molecule has 1 aliphatic rings. The van der Waals surface area contributed by atoms with Gasteiger partial charge in [-0.2, -0.15) is 0 Å². The fraction of sp³-hybridized carbons (Fsp3) is 0.417. The first-order valence-electron chi connectivity index (χ1n) is 5.64. The molecule has 0 bridgehead atoms. The maximum Gasteiger partial charge on any atom is 0.321 e. The Bertz CT molecular complexity index is 414. The monoisotopic (exact) mass is 271 g/mol. The van der Waals surface area contributed by atoms with Crippen LogP contribution in [-0.4, -0.2) is 37.2 Å². The molecule has 100 valence electrons. The average Bonchev–Trinajstić information content (AvgIpc) is 2.76. The van der Waals surface area contributed by atoms with Gasteiger partial charge in [-0.3, -0.25) is 0 Å². The van der Waals surface area contributed by atoms with Crippen LogP contribution in [0.4, 0.5) is 10.5 Å². The topological polar surface area (TPSA) is 67.6 Å². The van der Waals surface area contributed by atoms with Gasteiger partial charge in [0.05, 0.1) is 7.11 Å². The van der Waals surface area contributed by atoms with Crippen LogP contribution in [0, 0.1) is 0 Å². The number of nitrogens with one attached hydrogen (secondary N) is 1. The lowest BCUT2D eigenvalue weighted by atomic mass is 10.3. The lowest BCUT2D eigenvalue weighted by Crippen LogP contribution is -2.35. The number of urea groups is 1. The van der Waals surface area contributed by atoms with Crippen molar-refractivity contribution in [1.82, 2.24) is 4.90 Å². The molecule has 1 fully saturated rings. The highest BCUT2D eigenvalue weighted by atomic mass is 35.5. The summed E-state index contributed by atoms with van der Waals surface area (Å²) in [7, 11) is 1.60. The molecule has 18 heavy (non-hydrogen) atoms. The molecule has 3 N–H and O–H groups in total. The number of anilines is 1. The van der Waals surface area contributed by atoms with E-state index in [2.05, 4.69) is 5.32 Å². The zero-order valence-electron chi connectivity index (χ0n) is 10.3. The fourth-order valence-electron chi connectivity index (χ4n) is 1.88. The molecule has 2 rings (SSSR count). The lowest BCUT2D eigenvalue weighted by Gasteiger charge is -2.16. The van der Waals surface area contributed by atoms with Crippen molar-refractivity contribution in [1.29, 1.82) is 0 Å². The number of ether oxygens (including phenoxy) is 1. The van der Waals surface area contributed by atoms with Crippen molar-refractivity contribution in [3.63, 3.8) is 0 Å². The van der Waals surface area contributed by atoms with Crippen LogP contribution in [0.3, 0.4) is 0 Å². The van der Waals surface area contributed by atoms with Crippen molar-refractivity contribution in [3.8, 4) is 5.75 Å². The van der Waals surface area contributed by atoms with E-state index in [1.165, 1.54) is 0 Å². The number of hydrogen-bond donors (Lipinski definition) is 2. The van der Waals surface area contributed by atoms with Crippen molar-refractivity contribution in [3.05, 3.63) is 24.3 Å². The van der Waals surface area contributed by atoms with Gasteiger partial charge >= 0.3 is 6.03 Å². The summed E-state index contributed by atoms with van der Waals surface area (Å²) in [4.78, 5) is 13.6. The van der Waals surface area contributed by atoms with Gasteiger partial charge in [0.1, 0.15) is 5.75 Å². The summed E-state index contributed by atoms with van der Waals surface area (Å²) >= 11 is 0. The molecule has 1 aromatic rings. The molecule has 0 spiro atoms. The van der Waals surface area contributed by atoms with Gasteiger partial charge in [-0.15, -0.1) is 12.4 Å². The maximum absolute atomic E-state index is 11.9. The van der Waals surface area contributed by atoms with Crippen molar-refractivity contribution >= 4 is 24.1 Å². The van der Waals surface area contributed by atoms with Crippen molar-refractivity contribution in [2.75, 3.05) is 25.5 Å². The van der Waals surface area contributed by atoms with Crippen LogP contribution < -0.4 is 15.8 Å². The van der Waals surface area contributed by atoms with E-state index in [1.807, 2.05) is 18.2 Å². The molecule has 0 radical (unpaired) electrons. The third kappa shape index (κ3) is 3.51. The Morgan fingerprint density at radius 2 is 2.33 bits per heavy atom. The molecular weight excluding hydrogens is 254 g/mol. The van der Waals surface area contributed by atoms with Crippen LogP contribution in [0.5, 0.6) is 5.75 Å². The summed E-state index contributed by atoms with van der Waals surface area (Å²) in [5.41, 5.74) is 6.49. The van der Waals surface area contributed by atoms with Crippen molar-refractivity contribution < 1.29 is 9.53 Å². The SMILES string of the molecule is COc1cccc(NC(=O)N2CCC(N)C2)c1.Cl. The molecule has 5 nitrogen and oxygen atoms in total. The number of nitrogens with zero attached hydrogens (tertiary/aromatic N) is 1. The van der Waals surface area contributed by atoms with E-state index in [4.69, 9.17) is 10.5 Å². The number of carbonyl (C=O) groups is 1. The molecule has 6 heteroatoms. The molecule has 0 aromatic heterocycles. The number of amides is 2. The Kier molecular flexibility index (Phi) is 5.25. The quantitative estimate of drug-likeness (QED) is 0.860. The number of likely N-dealkylation sites (tertiary alicyclic amines) is 1. The first kappa shape index (κ1) is 14.6. The number of hydrogen-bond acceptors (Lipinski definition) is 3. The van der Waals surface area contributed by atoms with Crippen LogP contribution in [0.25, 0.3) is 0 Å². The molecule has 1 aromatic carbocycles. The maximum atomic E-state index is 11.9. The van der Waals surface area contributed by atoms with E-state index < -0.39 is 0 Å². The standard InChI is InChI=1S/C12H17N3O2.ClH/c1-17-11-4-2-3-10(7-11)14-12(16)15-6-5-9(13)8-15;/h2-4,7,9H,5-6,8,13H2,1H3,(H,14,16);1H. The van der Waals surface area contributed by atoms with Crippen LogP contribution in [0.15, 0.2) is 24.3 Å². The van der Waals surface area contributed by atoms with Gasteiger partial charge in [-0.1, -0.05) is 6.07 Å². The highest BCUT2D eigenvalue weighted by molar-refractivity contribution is 5.89. The van der Waals surface area contributed by atoms with Gasteiger partial charge in [-0.25, -0.2) is 4.79 Å². The van der Waals surface area contributed by atoms with E-state index in [9.17, 15) is 4.79 Å². The molecule has 0 saturated carbocycles. The van der Waals surface area contributed by atoms with Crippen LogP contribution in [-0.2, 0) is 0 Å². The second-order valence-electron chi connectivity index (χ2n) is 4.16. The molecule has 1 atom stereocenters. The molecule has 1 unspecified atom stereocenters. The summed E-state index contributed by atoms with van der Waals surface area (Å²) in [6.07, 6.45) is 0.867. The second kappa shape index (κ2) is 6.47. The first-order chi connectivity index (χ1) is 8.19. The third-order valence-electron chi connectivity index (χ3n) is 2.83. The zero-order chi connectivity index (χ0) is 12.3. The Hall–Kier alpha value is -1.46. The Morgan fingerprint density at radius 3 is 2.94 bits per heavy atom. The van der Waals surface area contributed by atoms with E-state index in [0.29, 0.717) is 6.54 Å². The first-order valence-corrected chi connectivity index (χ1v) is 5.64. The van der Waals surface area contributed by atoms with Crippen molar-refractivity contribution in [2.45, 2.75) is 12.5 Å². The fourth-order valence-corrected chi connectivity index (χ4v) is 1.88. The normalized spacial score (nSPS) is 18.1. The predicted molar refractivity (Wildman–Crippen MR) is 73.4 cm³/mol. The lowest BCUT2D eigenvalue weighted by molar-refractivity contribution is 0.222. The smallest absolute Gasteiger partial charge is 0.321 e. The van der Waals surface area contributed by atoms with E-state index >= 15 is 0 Å². The minimum absolute atomic E-state index is 0. The minimum atomic E-state index is -0.105. The van der Waals surface area contributed by atoms with Crippen LogP contribution in [0.1, 0.15) is 6.42 Å². The summed E-state index contributed by atoms with van der Waals surface area (Å²) in [6, 6.07) is 7.29. The second-order valence-corrected chi connectivity index (χ2v) is 4.16. The van der Waals surface area contributed by atoms with E-state index in [1.54, 1.807) is 18.1 Å². The van der Waals surface area contributed by atoms with Crippen LogP contribution in [0.2, 0.25) is 0 Å². The molecule has 1 aliphatic heterocycles. The largest absolute Gasteiger partial charge is 0.497 e. The summed E-state index contributed by atoms with van der Waals surface area (Å²) in [5.74, 6) is 0.723. The summed E-state index contributed by atoms with van der Waals surface area (Å²) < 4.78 is 5.09. The van der Waals surface area contributed by atoms with Crippen LogP contribution >= 0.6 is 12.4 Å². The van der Waals surface area contributed by atoms with Gasteiger partial charge in [0.2, 0.25) is 0 Å². The highest BCUT2D eigenvalue weighted by Crippen LogP contribution is 2.17. The Balaban J connectivity index is 0.00000162. The summed E-state index contributed by atoms with van der Waals surface area (Å²) in [6.45, 7) is 1.34. The van der Waals surface area contributed by atoms with E-state index in [-0.39, 0.29) is 24.5 Å². The zero-order valence-corrected chi connectivity index (χ0v) is 11.1. The predicted octanol–water partition coefficient (Wildman–Crippen LogP) is 1.68. The summed E-state index contributed by atoms with van der Waals surface area (Å²) in [5, 5.41) is 2.83. The van der Waals surface area contributed by atoms with Gasteiger partial charge in [-0.05, 0) is 18.6 Å². The Labute approximate surface area is 113 Å². The van der Waals surface area contributed by atoms with Gasteiger partial charge < -0.3 is 20.7 Å². The number of benzene rings is 1. The average molecular weight is 272 g/mol. The number of methoxy groups -OCH3 is 1. The van der Waals surface area contributed by atoms with Crippen molar-refractivity contribution in [2.24, 2.45) is 5.73 Å². The highest BCUT2D eigenvalue weighted by Gasteiger charge is 2.23. The number of rotatable bonds is 2. The third-order valence-corrected chi connectivity index (χ3v) is 2.83. The number of nitrogens with two attached hydrogens (primary N) is 1. The van der Waals surface area contributed by atoms with E-state index in [0.717, 1.165) is 24.4 Å². The van der Waals surface area contributed by atoms with Gasteiger partial charge in [0, 0.05) is 30.9 Å². The molecular formula is C12H18ClN3O2. The number of halogens is 1. The van der Waals surface area contributed by atoms with Gasteiger partial charge in [0.15, 0.2) is 0 Å². The Morgan fingerprint density at radius 1 is 1.56 bits per heavy atom. The number of carbonyl (C=O) groups excluding carboxylic acids is 1. The molecule has 2 amide bonds. The van der Waals surface area contributed by atoms with Gasteiger partial charge in [0.25, 0.3) is 0 Å².